The predicted octanol–water partition coefficient (Wildman–Crippen LogP) is 2.11. The summed E-state index contributed by atoms with van der Waals surface area (Å²) in [5, 5.41) is 0. The molecule has 1 N–H and O–H groups in total. The van der Waals surface area contributed by atoms with Crippen molar-refractivity contribution < 1.29 is 8.42 Å². The van der Waals surface area contributed by atoms with Gasteiger partial charge in [-0.25, -0.2) is 0 Å². The van der Waals surface area contributed by atoms with Crippen molar-refractivity contribution in [3.8, 4) is 0 Å². The van der Waals surface area contributed by atoms with E-state index >= 15 is 0 Å². The summed E-state index contributed by atoms with van der Waals surface area (Å²) in [5.41, 5.74) is 1.05. The summed E-state index contributed by atoms with van der Waals surface area (Å²) >= 11 is 0.261. The van der Waals surface area contributed by atoms with Gasteiger partial charge in [-0.15, -0.1) is 0 Å². The summed E-state index contributed by atoms with van der Waals surface area (Å²) in [6.07, 6.45) is 0. The van der Waals surface area contributed by atoms with Crippen molar-refractivity contribution in [2.45, 2.75) is 23.6 Å². The third-order valence-corrected chi connectivity index (χ3v) is 6.75. The molecule has 0 heterocycles. The van der Waals surface area contributed by atoms with Gasteiger partial charge < -0.3 is 0 Å². The molecule has 3 nitrogen and oxygen atoms in total. The molecule has 112 valence electrons. The van der Waals surface area contributed by atoms with Crippen molar-refractivity contribution in [3.05, 3.63) is 60.2 Å². The van der Waals surface area contributed by atoms with Crippen LogP contribution < -0.4 is 9.18 Å². The molecule has 0 aliphatic heterocycles. The van der Waals surface area contributed by atoms with Crippen molar-refractivity contribution in [2.75, 3.05) is 6.54 Å². The molecule has 1 atom stereocenters. The molecule has 5 heteroatoms. The first kappa shape index (κ1) is 16.2. The summed E-state index contributed by atoms with van der Waals surface area (Å²) in [6, 6.07) is 17.1. The monoisotopic (exact) mass is 369 g/mol. The summed E-state index contributed by atoms with van der Waals surface area (Å²) in [5.74, 6) is 0. The quantitative estimate of drug-likeness (QED) is 0.794. The maximum absolute atomic E-state index is 12.2. The van der Waals surface area contributed by atoms with Crippen LogP contribution in [0, 0.1) is 6.92 Å². The Bertz CT molecular complexity index is 669. The molecule has 1 unspecified atom stereocenters. The topological polar surface area (TPSA) is 46.2 Å². The fourth-order valence-electron chi connectivity index (χ4n) is 1.80. The zero-order chi connectivity index (χ0) is 15.3. The van der Waals surface area contributed by atoms with E-state index in [2.05, 4.69) is 23.8 Å². The molecule has 0 aliphatic carbocycles. The molecule has 2 aromatic rings. The zero-order valence-corrected chi connectivity index (χ0v) is 14.6. The average molecular weight is 368 g/mol. The number of sulfonamides is 1. The number of benzene rings is 2. The second kappa shape index (κ2) is 7.23. The normalized spacial score (nSPS) is 13.0. The minimum atomic E-state index is -3.40. The van der Waals surface area contributed by atoms with Gasteiger partial charge in [0.2, 0.25) is 0 Å². The molecule has 0 aromatic heterocycles. The molecule has 0 saturated heterocycles. The van der Waals surface area contributed by atoms with Crippen molar-refractivity contribution in [1.82, 2.24) is 4.72 Å². The van der Waals surface area contributed by atoms with Gasteiger partial charge >= 0.3 is 133 Å². The van der Waals surface area contributed by atoms with Gasteiger partial charge in [-0.05, 0) is 0 Å². The molecule has 0 spiro atoms. The summed E-state index contributed by atoms with van der Waals surface area (Å²) < 4.78 is 28.4. The van der Waals surface area contributed by atoms with E-state index in [0.29, 0.717) is 16.3 Å². The van der Waals surface area contributed by atoms with Crippen LogP contribution in [0.2, 0.25) is 4.82 Å². The summed E-state index contributed by atoms with van der Waals surface area (Å²) in [6.45, 7) is 4.48. The van der Waals surface area contributed by atoms with Crippen LogP contribution >= 0.6 is 0 Å². The second-order valence-electron chi connectivity index (χ2n) is 4.91. The van der Waals surface area contributed by atoms with E-state index in [-0.39, 0.29) is 15.0 Å². The van der Waals surface area contributed by atoms with Crippen LogP contribution in [0.1, 0.15) is 12.5 Å². The molecule has 0 bridgehead atoms. The molecular formula is C16H19NO2SSe. The molecular weight excluding hydrogens is 349 g/mol. The third kappa shape index (κ3) is 4.97. The number of aryl methyl sites for hydroxylation is 1. The Morgan fingerprint density at radius 1 is 1.05 bits per heavy atom. The van der Waals surface area contributed by atoms with Crippen LogP contribution in [0.4, 0.5) is 0 Å². The van der Waals surface area contributed by atoms with Gasteiger partial charge in [0, 0.05) is 0 Å². The molecule has 21 heavy (non-hydrogen) atoms. The molecule has 0 radical (unpaired) electrons. The van der Waals surface area contributed by atoms with Crippen molar-refractivity contribution >= 4 is 29.4 Å². The number of hydrogen-bond acceptors (Lipinski definition) is 2. The van der Waals surface area contributed by atoms with Crippen LogP contribution in [0.25, 0.3) is 0 Å². The Balaban J connectivity index is 1.94. The van der Waals surface area contributed by atoms with Gasteiger partial charge in [-0.3, -0.25) is 0 Å². The Morgan fingerprint density at radius 3 is 2.29 bits per heavy atom. The standard InChI is InChI=1S/C16H19NO2SSe/c1-13-8-10-15(11-9-13)20(18,19)17-12-14(2)21-16-6-4-3-5-7-16/h3-11,14,17H,12H2,1-2H3. The molecule has 0 saturated carbocycles. The SMILES string of the molecule is Cc1ccc(S(=O)(=O)NCC(C)[Se]c2ccccc2)cc1. The third-order valence-electron chi connectivity index (χ3n) is 2.97. The van der Waals surface area contributed by atoms with Crippen LogP contribution in [0.5, 0.6) is 0 Å². The van der Waals surface area contributed by atoms with Gasteiger partial charge in [-0.2, -0.15) is 0 Å². The maximum atomic E-state index is 12.2. The number of rotatable bonds is 6. The van der Waals surface area contributed by atoms with E-state index in [0.717, 1.165) is 5.56 Å². The molecule has 0 aliphatic rings. The molecule has 2 aromatic carbocycles. The summed E-state index contributed by atoms with van der Waals surface area (Å²) in [7, 11) is -3.40. The van der Waals surface area contributed by atoms with Gasteiger partial charge in [-0.1, -0.05) is 0 Å². The van der Waals surface area contributed by atoms with Crippen molar-refractivity contribution in [1.29, 1.82) is 0 Å². The fraction of sp³-hybridized carbons (Fsp3) is 0.250. The second-order valence-corrected chi connectivity index (χ2v) is 9.85. The predicted molar refractivity (Wildman–Crippen MR) is 87.6 cm³/mol. The van der Waals surface area contributed by atoms with E-state index in [4.69, 9.17) is 0 Å². The number of hydrogen-bond donors (Lipinski definition) is 1. The Kier molecular flexibility index (Phi) is 5.59. The Hall–Kier alpha value is -1.13. The van der Waals surface area contributed by atoms with E-state index in [1.807, 2.05) is 37.3 Å². The first-order chi connectivity index (χ1) is 9.97. The van der Waals surface area contributed by atoms with Gasteiger partial charge in [0.15, 0.2) is 0 Å². The Labute approximate surface area is 133 Å². The van der Waals surface area contributed by atoms with Crippen molar-refractivity contribution in [2.24, 2.45) is 0 Å². The molecule has 2 rings (SSSR count). The molecule has 0 amide bonds. The van der Waals surface area contributed by atoms with E-state index in [9.17, 15) is 8.42 Å². The number of nitrogens with one attached hydrogen (secondary N) is 1. The van der Waals surface area contributed by atoms with Gasteiger partial charge in [0.1, 0.15) is 0 Å². The van der Waals surface area contributed by atoms with Gasteiger partial charge in [0.25, 0.3) is 0 Å². The first-order valence-electron chi connectivity index (χ1n) is 6.75. The van der Waals surface area contributed by atoms with E-state index in [1.54, 1.807) is 12.1 Å². The fourth-order valence-corrected chi connectivity index (χ4v) is 5.15. The van der Waals surface area contributed by atoms with Crippen LogP contribution in [-0.4, -0.2) is 29.9 Å². The van der Waals surface area contributed by atoms with Crippen molar-refractivity contribution in [3.63, 3.8) is 0 Å². The Morgan fingerprint density at radius 2 is 1.67 bits per heavy atom. The first-order valence-corrected chi connectivity index (χ1v) is 10.1. The van der Waals surface area contributed by atoms with Crippen LogP contribution in [-0.2, 0) is 10.0 Å². The minimum absolute atomic E-state index is 0.261. The molecule has 0 fully saturated rings. The van der Waals surface area contributed by atoms with E-state index < -0.39 is 10.0 Å². The summed E-state index contributed by atoms with van der Waals surface area (Å²) in [4.78, 5) is 0.632. The van der Waals surface area contributed by atoms with Crippen LogP contribution in [0.3, 0.4) is 0 Å². The van der Waals surface area contributed by atoms with Gasteiger partial charge in [0.05, 0.1) is 0 Å². The average Bonchev–Trinajstić information content (AvgIpc) is 2.47. The zero-order valence-electron chi connectivity index (χ0n) is 12.1. The van der Waals surface area contributed by atoms with E-state index in [1.165, 1.54) is 4.46 Å². The van der Waals surface area contributed by atoms with Crippen LogP contribution in [0.15, 0.2) is 59.5 Å².